The van der Waals surface area contributed by atoms with Gasteiger partial charge in [-0.2, -0.15) is 0 Å². The third-order valence-electron chi connectivity index (χ3n) is 3.89. The number of aromatic carboxylic acids is 1. The summed E-state index contributed by atoms with van der Waals surface area (Å²) in [5, 5.41) is 11.9. The maximum atomic E-state index is 12.5. The van der Waals surface area contributed by atoms with Crippen LogP contribution in [0.5, 0.6) is 5.75 Å². The molecule has 24 heavy (non-hydrogen) atoms. The molecule has 5 heteroatoms. The van der Waals surface area contributed by atoms with Gasteiger partial charge < -0.3 is 15.2 Å². The number of carboxylic acids is 1. The summed E-state index contributed by atoms with van der Waals surface area (Å²) in [5.41, 5.74) is 1.71. The molecule has 1 aliphatic rings. The summed E-state index contributed by atoms with van der Waals surface area (Å²) in [6.45, 7) is 2.41. The van der Waals surface area contributed by atoms with E-state index in [2.05, 4.69) is 5.32 Å². The number of hydrogen-bond donors (Lipinski definition) is 2. The molecule has 0 spiro atoms. The Labute approximate surface area is 140 Å². The Bertz CT molecular complexity index is 781. The van der Waals surface area contributed by atoms with Crippen LogP contribution >= 0.6 is 0 Å². The summed E-state index contributed by atoms with van der Waals surface area (Å²) in [6.07, 6.45) is 2.38. The minimum atomic E-state index is -1.05. The average Bonchev–Trinajstić information content (AvgIpc) is 3.37. The van der Waals surface area contributed by atoms with Crippen molar-refractivity contribution in [2.45, 2.75) is 19.8 Å². The number of rotatable bonds is 6. The van der Waals surface area contributed by atoms with Crippen LogP contribution in [0.15, 0.2) is 42.5 Å². The van der Waals surface area contributed by atoms with Crippen molar-refractivity contribution in [1.82, 2.24) is 0 Å². The van der Waals surface area contributed by atoms with Gasteiger partial charge in [0.2, 0.25) is 0 Å². The van der Waals surface area contributed by atoms with E-state index in [0.29, 0.717) is 29.5 Å². The predicted molar refractivity (Wildman–Crippen MR) is 90.8 cm³/mol. The Morgan fingerprint density at radius 3 is 2.58 bits per heavy atom. The van der Waals surface area contributed by atoms with Crippen LogP contribution in [0.1, 0.15) is 39.1 Å². The number of ether oxygens (including phenoxy) is 1. The topological polar surface area (TPSA) is 75.6 Å². The monoisotopic (exact) mass is 325 g/mol. The van der Waals surface area contributed by atoms with E-state index in [9.17, 15) is 9.59 Å². The van der Waals surface area contributed by atoms with E-state index < -0.39 is 5.97 Å². The molecular formula is C19H19NO4. The summed E-state index contributed by atoms with van der Waals surface area (Å²) in [6, 6.07) is 11.8. The van der Waals surface area contributed by atoms with Gasteiger partial charge in [0.1, 0.15) is 5.75 Å². The maximum absolute atomic E-state index is 12.5. The Hall–Kier alpha value is -2.82. The SMILES string of the molecule is Cc1cc(C(=O)O)cc(C(=O)Nc2ccccc2OCC2CC2)c1. The first-order chi connectivity index (χ1) is 11.5. The zero-order valence-corrected chi connectivity index (χ0v) is 13.4. The van der Waals surface area contributed by atoms with Crippen LogP contribution in [0.25, 0.3) is 0 Å². The van der Waals surface area contributed by atoms with Crippen LogP contribution in [0.2, 0.25) is 0 Å². The second-order valence-electron chi connectivity index (χ2n) is 6.10. The molecule has 5 nitrogen and oxygen atoms in total. The first-order valence-corrected chi connectivity index (χ1v) is 7.91. The maximum Gasteiger partial charge on any atom is 0.335 e. The van der Waals surface area contributed by atoms with Gasteiger partial charge in [-0.3, -0.25) is 4.79 Å². The third kappa shape index (κ3) is 3.93. The standard InChI is InChI=1S/C19H19NO4/c1-12-8-14(10-15(9-12)19(22)23)18(21)20-16-4-2-3-5-17(16)24-11-13-6-7-13/h2-5,8-10,13H,6-7,11H2,1H3,(H,20,21)(H,22,23). The van der Waals surface area contributed by atoms with E-state index >= 15 is 0 Å². The predicted octanol–water partition coefficient (Wildman–Crippen LogP) is 3.73. The van der Waals surface area contributed by atoms with Crippen molar-refractivity contribution in [2.75, 3.05) is 11.9 Å². The summed E-state index contributed by atoms with van der Waals surface area (Å²) in [5.74, 6) is -0.169. The molecule has 1 saturated carbocycles. The Balaban J connectivity index is 1.78. The highest BCUT2D eigenvalue weighted by Crippen LogP contribution is 2.31. The highest BCUT2D eigenvalue weighted by Gasteiger charge is 2.22. The van der Waals surface area contributed by atoms with Crippen molar-refractivity contribution in [2.24, 2.45) is 5.92 Å². The largest absolute Gasteiger partial charge is 0.491 e. The number of amides is 1. The number of anilines is 1. The first kappa shape index (κ1) is 16.1. The van der Waals surface area contributed by atoms with E-state index in [4.69, 9.17) is 9.84 Å². The lowest BCUT2D eigenvalue weighted by Crippen LogP contribution is -2.14. The highest BCUT2D eigenvalue weighted by molar-refractivity contribution is 6.06. The third-order valence-corrected chi connectivity index (χ3v) is 3.89. The minimum absolute atomic E-state index is 0.0958. The quantitative estimate of drug-likeness (QED) is 0.848. The van der Waals surface area contributed by atoms with Gasteiger partial charge in [0.05, 0.1) is 17.9 Å². The Morgan fingerprint density at radius 1 is 1.17 bits per heavy atom. The van der Waals surface area contributed by atoms with Crippen LogP contribution < -0.4 is 10.1 Å². The molecule has 3 rings (SSSR count). The van der Waals surface area contributed by atoms with Crippen LogP contribution in [-0.4, -0.2) is 23.6 Å². The fourth-order valence-electron chi connectivity index (χ4n) is 2.42. The molecule has 124 valence electrons. The lowest BCUT2D eigenvalue weighted by molar-refractivity contribution is 0.0696. The number of hydrogen-bond acceptors (Lipinski definition) is 3. The lowest BCUT2D eigenvalue weighted by atomic mass is 10.1. The van der Waals surface area contributed by atoms with E-state index in [1.807, 2.05) is 18.2 Å². The van der Waals surface area contributed by atoms with E-state index in [1.165, 1.54) is 25.0 Å². The smallest absolute Gasteiger partial charge is 0.335 e. The summed E-state index contributed by atoms with van der Waals surface area (Å²) < 4.78 is 5.77. The number of aryl methyl sites for hydroxylation is 1. The van der Waals surface area contributed by atoms with Gasteiger partial charge in [-0.1, -0.05) is 12.1 Å². The van der Waals surface area contributed by atoms with E-state index in [-0.39, 0.29) is 11.5 Å². The van der Waals surface area contributed by atoms with Gasteiger partial charge in [-0.15, -0.1) is 0 Å². The van der Waals surface area contributed by atoms with Crippen molar-refractivity contribution >= 4 is 17.6 Å². The Morgan fingerprint density at radius 2 is 1.88 bits per heavy atom. The van der Waals surface area contributed by atoms with Crippen molar-refractivity contribution in [3.05, 3.63) is 59.2 Å². The molecule has 1 amide bonds. The van der Waals surface area contributed by atoms with Crippen molar-refractivity contribution in [3.63, 3.8) is 0 Å². The van der Waals surface area contributed by atoms with Gasteiger partial charge in [0.25, 0.3) is 5.91 Å². The summed E-state index contributed by atoms with van der Waals surface area (Å²) >= 11 is 0. The molecule has 1 aliphatic carbocycles. The first-order valence-electron chi connectivity index (χ1n) is 7.91. The van der Waals surface area contributed by atoms with Crippen molar-refractivity contribution in [1.29, 1.82) is 0 Å². The molecule has 0 bridgehead atoms. The zero-order valence-electron chi connectivity index (χ0n) is 13.4. The van der Waals surface area contributed by atoms with Crippen LogP contribution in [0, 0.1) is 12.8 Å². The number of carboxylic acid groups (broad SMARTS) is 1. The number of carbonyl (C=O) groups is 2. The average molecular weight is 325 g/mol. The second kappa shape index (κ2) is 6.74. The second-order valence-corrected chi connectivity index (χ2v) is 6.10. The molecular weight excluding hydrogens is 306 g/mol. The molecule has 0 radical (unpaired) electrons. The molecule has 0 atom stereocenters. The van der Waals surface area contributed by atoms with Gasteiger partial charge in [0.15, 0.2) is 0 Å². The zero-order chi connectivity index (χ0) is 17.1. The van der Waals surface area contributed by atoms with E-state index in [1.54, 1.807) is 19.1 Å². The van der Waals surface area contributed by atoms with Crippen LogP contribution in [-0.2, 0) is 0 Å². The van der Waals surface area contributed by atoms with Crippen molar-refractivity contribution < 1.29 is 19.4 Å². The highest BCUT2D eigenvalue weighted by atomic mass is 16.5. The van der Waals surface area contributed by atoms with Gasteiger partial charge in [-0.05, 0) is 61.6 Å². The molecule has 0 aliphatic heterocycles. The molecule has 2 aromatic rings. The fraction of sp³-hybridized carbons (Fsp3) is 0.263. The van der Waals surface area contributed by atoms with Gasteiger partial charge >= 0.3 is 5.97 Å². The molecule has 0 heterocycles. The molecule has 0 unspecified atom stereocenters. The molecule has 0 aromatic heterocycles. The number of carbonyl (C=O) groups excluding carboxylic acids is 1. The molecule has 1 fully saturated rings. The summed E-state index contributed by atoms with van der Waals surface area (Å²) in [4.78, 5) is 23.6. The molecule has 0 saturated heterocycles. The molecule has 2 N–H and O–H groups in total. The number of nitrogens with one attached hydrogen (secondary N) is 1. The lowest BCUT2D eigenvalue weighted by Gasteiger charge is -2.12. The summed E-state index contributed by atoms with van der Waals surface area (Å²) in [7, 11) is 0. The van der Waals surface area contributed by atoms with Crippen LogP contribution in [0.3, 0.4) is 0 Å². The fourth-order valence-corrected chi connectivity index (χ4v) is 2.42. The van der Waals surface area contributed by atoms with Crippen molar-refractivity contribution in [3.8, 4) is 5.75 Å². The molecule has 2 aromatic carbocycles. The van der Waals surface area contributed by atoms with Gasteiger partial charge in [-0.25, -0.2) is 4.79 Å². The number of para-hydroxylation sites is 2. The number of benzene rings is 2. The normalized spacial score (nSPS) is 13.4. The van der Waals surface area contributed by atoms with E-state index in [0.717, 1.165) is 5.56 Å². The van der Waals surface area contributed by atoms with Gasteiger partial charge in [0, 0.05) is 5.56 Å². The minimum Gasteiger partial charge on any atom is -0.491 e. The van der Waals surface area contributed by atoms with Crippen LogP contribution in [0.4, 0.5) is 5.69 Å². The Kier molecular flexibility index (Phi) is 4.51.